The largest absolute Gasteiger partial charge is 0.471 e. The zero-order valence-corrected chi connectivity index (χ0v) is 32.9. The Morgan fingerprint density at radius 1 is 1.04 bits per heavy atom. The van der Waals surface area contributed by atoms with Crippen LogP contribution in [0.25, 0.3) is 22.2 Å². The van der Waals surface area contributed by atoms with Crippen molar-refractivity contribution in [2.24, 2.45) is 5.92 Å². The number of carbonyl (C=O) groups is 2. The molecular formula is C44H47Cl2N5O4. The molecule has 0 saturated carbocycles. The number of carbonyl (C=O) groups excluding carboxylic acids is 2. The van der Waals surface area contributed by atoms with Gasteiger partial charge in [0.2, 0.25) is 5.88 Å². The second kappa shape index (κ2) is 18.6. The molecule has 55 heavy (non-hydrogen) atoms. The lowest BCUT2D eigenvalue weighted by Crippen LogP contribution is -2.24. The van der Waals surface area contributed by atoms with Crippen LogP contribution in [0.2, 0.25) is 10.0 Å². The highest BCUT2D eigenvalue weighted by Gasteiger charge is 2.29. The van der Waals surface area contributed by atoms with E-state index >= 15 is 0 Å². The number of aromatic amines is 1. The molecule has 11 heteroatoms. The minimum atomic E-state index is -0.338. The van der Waals surface area contributed by atoms with Crippen LogP contribution in [0.4, 0.5) is 5.69 Å². The minimum absolute atomic E-state index is 0.00473. The van der Waals surface area contributed by atoms with Crippen molar-refractivity contribution in [2.45, 2.75) is 45.3 Å². The zero-order valence-electron chi connectivity index (χ0n) is 31.4. The van der Waals surface area contributed by atoms with E-state index in [1.165, 1.54) is 0 Å². The topological polar surface area (TPSA) is 99.8 Å². The second-order valence-electron chi connectivity index (χ2n) is 13.9. The number of rotatable bonds is 11. The van der Waals surface area contributed by atoms with E-state index in [4.69, 9.17) is 32.7 Å². The van der Waals surface area contributed by atoms with Crippen molar-refractivity contribution in [3.63, 3.8) is 0 Å². The van der Waals surface area contributed by atoms with Gasteiger partial charge in [-0.3, -0.25) is 4.79 Å². The van der Waals surface area contributed by atoms with Crippen molar-refractivity contribution < 1.29 is 19.1 Å². The van der Waals surface area contributed by atoms with Gasteiger partial charge in [0.15, 0.2) is 0 Å². The number of likely N-dealkylation sites (N-methyl/N-ethyl adjacent to an activating group) is 1. The third-order valence-corrected chi connectivity index (χ3v) is 10.6. The Bertz CT molecular complexity index is 2130. The molecule has 2 saturated heterocycles. The molecule has 9 nitrogen and oxygen atoms in total. The minimum Gasteiger partial charge on any atom is -0.471 e. The highest BCUT2D eigenvalue weighted by atomic mass is 35.5. The van der Waals surface area contributed by atoms with E-state index in [1.807, 2.05) is 72.9 Å². The summed E-state index contributed by atoms with van der Waals surface area (Å²) in [5, 5.41) is 5.16. The average molecular weight is 781 g/mol. The summed E-state index contributed by atoms with van der Waals surface area (Å²) in [5.41, 5.74) is 6.16. The lowest BCUT2D eigenvalue weighted by atomic mass is 9.95. The molecule has 0 aliphatic carbocycles. The fourth-order valence-electron chi connectivity index (χ4n) is 7.03. The number of H-pyrrole nitrogens is 1. The highest BCUT2D eigenvalue weighted by Crippen LogP contribution is 2.41. The fourth-order valence-corrected chi connectivity index (χ4v) is 7.33. The van der Waals surface area contributed by atoms with Crippen LogP contribution >= 0.6 is 23.2 Å². The third-order valence-electron chi connectivity index (χ3n) is 10.1. The van der Waals surface area contributed by atoms with Gasteiger partial charge >= 0.3 is 0 Å². The molecule has 5 aromatic rings. The van der Waals surface area contributed by atoms with Gasteiger partial charge < -0.3 is 34.4 Å². The van der Waals surface area contributed by atoms with Crippen molar-refractivity contribution in [1.29, 1.82) is 0 Å². The van der Waals surface area contributed by atoms with E-state index in [2.05, 4.69) is 64.7 Å². The van der Waals surface area contributed by atoms with Gasteiger partial charge in [0, 0.05) is 64.9 Å². The molecule has 2 aliphatic rings. The fraction of sp³-hybridized carbons (Fsp3) is 0.295. The van der Waals surface area contributed by atoms with Crippen LogP contribution in [0, 0.1) is 5.92 Å². The van der Waals surface area contributed by atoms with Gasteiger partial charge in [0.25, 0.3) is 5.91 Å². The Labute approximate surface area is 332 Å². The molecule has 2 aliphatic heterocycles. The quantitative estimate of drug-likeness (QED) is 0.129. The van der Waals surface area contributed by atoms with E-state index in [0.717, 1.165) is 90.7 Å². The highest BCUT2D eigenvalue weighted by molar-refractivity contribution is 6.31. The van der Waals surface area contributed by atoms with E-state index in [-0.39, 0.29) is 24.0 Å². The number of halogens is 2. The average Bonchev–Trinajstić information content (AvgIpc) is 3.80. The number of aldehydes is 1. The van der Waals surface area contributed by atoms with E-state index in [0.29, 0.717) is 27.3 Å². The van der Waals surface area contributed by atoms with E-state index in [9.17, 15) is 9.59 Å². The summed E-state index contributed by atoms with van der Waals surface area (Å²) in [7, 11) is 2.07. The molecule has 0 radical (unpaired) electrons. The third kappa shape index (κ3) is 9.66. The summed E-state index contributed by atoms with van der Waals surface area (Å²) in [5.74, 6) is 0.334. The van der Waals surface area contributed by atoms with Gasteiger partial charge in [-0.1, -0.05) is 78.3 Å². The lowest BCUT2D eigenvalue weighted by Gasteiger charge is -2.32. The lowest BCUT2D eigenvalue weighted by molar-refractivity contribution is -0.113. The first-order valence-electron chi connectivity index (χ1n) is 18.6. The maximum absolute atomic E-state index is 14.4. The van der Waals surface area contributed by atoms with Gasteiger partial charge in [-0.2, -0.15) is 0 Å². The Balaban J connectivity index is 0.000000572. The number of aromatic nitrogens is 2. The van der Waals surface area contributed by atoms with Gasteiger partial charge in [0.1, 0.15) is 23.8 Å². The number of anilines is 1. The summed E-state index contributed by atoms with van der Waals surface area (Å²) in [6.45, 7) is 11.7. The standard InChI is InChI=1S/C38H37Cl2N5O2.C6H10O2/c1-5-45(25(3)27-13-15-28(39)16-14-27)36(24(2)26-10-7-6-8-11-26)34-31-18-17-29(40)22-33(31)42-35(34)37(46)43-32-12-9-20-41-38(32)47-30-19-21-44(4)23-30;7-5-6-1-3-8-4-2-6/h5-18,20,22,25,30,42H,1,19,21,23H2,2-4H3,(H,43,46);5-6H,1-4H2/b36-24+;. The van der Waals surface area contributed by atoms with Gasteiger partial charge in [-0.05, 0) is 99.5 Å². The monoisotopic (exact) mass is 779 g/mol. The van der Waals surface area contributed by atoms with Gasteiger partial charge in [0.05, 0.1) is 11.7 Å². The number of amides is 1. The van der Waals surface area contributed by atoms with Crippen LogP contribution in [0.1, 0.15) is 66.3 Å². The van der Waals surface area contributed by atoms with Crippen molar-refractivity contribution >= 4 is 63.3 Å². The van der Waals surface area contributed by atoms with Crippen LogP contribution in [0.3, 0.4) is 0 Å². The molecule has 3 aromatic carbocycles. The Morgan fingerprint density at radius 3 is 2.42 bits per heavy atom. The number of allylic oxidation sites excluding steroid dienone is 1. The number of likely N-dealkylation sites (tertiary alicyclic amines) is 1. The van der Waals surface area contributed by atoms with Crippen molar-refractivity contribution in [3.05, 3.63) is 136 Å². The normalized spacial score (nSPS) is 17.1. The number of benzene rings is 3. The van der Waals surface area contributed by atoms with Crippen molar-refractivity contribution in [3.8, 4) is 5.88 Å². The molecule has 2 unspecified atom stereocenters. The molecule has 286 valence electrons. The summed E-state index contributed by atoms with van der Waals surface area (Å²) >= 11 is 12.7. The summed E-state index contributed by atoms with van der Waals surface area (Å²) in [6.07, 6.45) is 7.24. The number of hydrogen-bond acceptors (Lipinski definition) is 7. The molecular weight excluding hydrogens is 733 g/mol. The maximum Gasteiger partial charge on any atom is 0.272 e. The number of nitrogens with zero attached hydrogens (tertiary/aromatic N) is 3. The summed E-state index contributed by atoms with van der Waals surface area (Å²) in [6, 6.07) is 27.0. The summed E-state index contributed by atoms with van der Waals surface area (Å²) < 4.78 is 11.3. The Hall–Kier alpha value is -4.93. The first-order chi connectivity index (χ1) is 26.7. The number of ether oxygens (including phenoxy) is 2. The molecule has 2 atom stereocenters. The molecule has 7 rings (SSSR count). The molecule has 2 N–H and O–H groups in total. The van der Waals surface area contributed by atoms with Gasteiger partial charge in [-0.15, -0.1) is 0 Å². The molecule has 4 heterocycles. The Kier molecular flexibility index (Phi) is 13.4. The van der Waals surface area contributed by atoms with Gasteiger partial charge in [-0.25, -0.2) is 4.98 Å². The first-order valence-corrected chi connectivity index (χ1v) is 19.3. The van der Waals surface area contributed by atoms with Crippen molar-refractivity contribution in [2.75, 3.05) is 38.7 Å². The number of fused-ring (bicyclic) bond motifs is 1. The predicted molar refractivity (Wildman–Crippen MR) is 222 cm³/mol. The number of pyridine rings is 1. The van der Waals surface area contributed by atoms with E-state index in [1.54, 1.807) is 12.3 Å². The van der Waals surface area contributed by atoms with Crippen LogP contribution in [0.15, 0.2) is 104 Å². The molecule has 1 amide bonds. The second-order valence-corrected chi connectivity index (χ2v) is 14.8. The maximum atomic E-state index is 14.4. The molecule has 2 fully saturated rings. The smallest absolute Gasteiger partial charge is 0.272 e. The molecule has 0 spiro atoms. The van der Waals surface area contributed by atoms with Crippen LogP contribution < -0.4 is 10.1 Å². The van der Waals surface area contributed by atoms with Crippen LogP contribution in [0.5, 0.6) is 5.88 Å². The SMILES string of the molecule is C=CN(/C(=C(\C)c1ccccc1)c1c(C(=O)Nc2cccnc2OC2CCN(C)C2)[nH]c2cc(Cl)ccc12)C(C)c1ccc(Cl)cc1.O=CC1CCOCC1. The molecule has 0 bridgehead atoms. The molecule has 2 aromatic heterocycles. The first kappa shape index (κ1) is 39.8. The predicted octanol–water partition coefficient (Wildman–Crippen LogP) is 9.91. The summed E-state index contributed by atoms with van der Waals surface area (Å²) in [4.78, 5) is 36.7. The van der Waals surface area contributed by atoms with Crippen LogP contribution in [-0.2, 0) is 9.53 Å². The van der Waals surface area contributed by atoms with Crippen molar-refractivity contribution in [1.82, 2.24) is 19.8 Å². The van der Waals surface area contributed by atoms with Crippen LogP contribution in [-0.4, -0.2) is 71.4 Å². The number of hydrogen-bond donors (Lipinski definition) is 2. The number of nitrogens with one attached hydrogen (secondary N) is 2. The Morgan fingerprint density at radius 2 is 1.76 bits per heavy atom. The van der Waals surface area contributed by atoms with E-state index < -0.39 is 0 Å². The zero-order chi connectivity index (χ0) is 38.9.